The van der Waals surface area contributed by atoms with Gasteiger partial charge in [0.15, 0.2) is 13.1 Å². The molecule has 156 valence electrons. The highest BCUT2D eigenvalue weighted by molar-refractivity contribution is 5.94. The minimum absolute atomic E-state index is 0.121. The van der Waals surface area contributed by atoms with E-state index in [0.29, 0.717) is 13.2 Å². The van der Waals surface area contributed by atoms with Crippen LogP contribution in [-0.4, -0.2) is 45.2 Å². The molecule has 0 saturated heterocycles. The quantitative estimate of drug-likeness (QED) is 0.605. The molecule has 0 bridgehead atoms. The Labute approximate surface area is 173 Å². The first kappa shape index (κ1) is 22.6. The fourth-order valence-electron chi connectivity index (χ4n) is 3.10. The molecule has 0 heterocycles. The molecule has 6 heteroatoms. The number of carbonyl (C=O) groups is 2. The van der Waals surface area contributed by atoms with Crippen LogP contribution in [0.4, 0.5) is 11.4 Å². The Balaban J connectivity index is 2.00. The lowest BCUT2D eigenvalue weighted by atomic mass is 10.1. The van der Waals surface area contributed by atoms with Gasteiger partial charge < -0.3 is 20.3 Å². The van der Waals surface area contributed by atoms with Gasteiger partial charge in [0, 0.05) is 18.5 Å². The predicted molar refractivity (Wildman–Crippen MR) is 117 cm³/mol. The number of nitrogens with one attached hydrogen (secondary N) is 3. The molecule has 0 aromatic heterocycles. The number of methoxy groups -OCH3 is 1. The normalized spacial score (nSPS) is 10.8. The van der Waals surface area contributed by atoms with Crippen LogP contribution in [-0.2, 0) is 14.3 Å². The molecule has 2 amide bonds. The maximum absolute atomic E-state index is 12.6. The van der Waals surface area contributed by atoms with E-state index in [1.54, 1.807) is 7.11 Å². The van der Waals surface area contributed by atoms with E-state index in [4.69, 9.17) is 4.74 Å². The fourth-order valence-corrected chi connectivity index (χ4v) is 3.10. The summed E-state index contributed by atoms with van der Waals surface area (Å²) in [4.78, 5) is 26.0. The van der Waals surface area contributed by atoms with E-state index in [1.165, 1.54) is 0 Å². The number of quaternary nitrogens is 1. The highest BCUT2D eigenvalue weighted by Crippen LogP contribution is 2.18. The van der Waals surface area contributed by atoms with Gasteiger partial charge in [0.1, 0.15) is 6.54 Å². The molecule has 6 nitrogen and oxygen atoms in total. The van der Waals surface area contributed by atoms with Crippen molar-refractivity contribution in [2.75, 3.05) is 44.0 Å². The number of carbonyl (C=O) groups excluding carboxylic acids is 2. The van der Waals surface area contributed by atoms with Gasteiger partial charge in [-0.05, 0) is 62.1 Å². The summed E-state index contributed by atoms with van der Waals surface area (Å²) in [6, 6.07) is 11.7. The van der Waals surface area contributed by atoms with Crippen LogP contribution in [0.2, 0.25) is 0 Å². The van der Waals surface area contributed by atoms with Crippen molar-refractivity contribution in [3.05, 3.63) is 58.7 Å². The van der Waals surface area contributed by atoms with Crippen molar-refractivity contribution in [2.45, 2.75) is 27.7 Å². The molecular formula is C23H32N3O3+. The molecule has 0 fully saturated rings. The maximum atomic E-state index is 12.6. The molecule has 0 saturated carbocycles. The molecular weight excluding hydrogens is 366 g/mol. The Bertz CT molecular complexity index is 797. The van der Waals surface area contributed by atoms with Gasteiger partial charge in [-0.25, -0.2) is 0 Å². The lowest BCUT2D eigenvalue weighted by Crippen LogP contribution is -3.14. The number of hydrogen-bond acceptors (Lipinski definition) is 3. The largest absolute Gasteiger partial charge is 0.379 e. The summed E-state index contributed by atoms with van der Waals surface area (Å²) in [5.74, 6) is -0.242. The molecule has 0 atom stereocenters. The van der Waals surface area contributed by atoms with Crippen molar-refractivity contribution in [1.29, 1.82) is 0 Å². The molecule has 2 aromatic carbocycles. The number of amides is 2. The Hall–Kier alpha value is -2.70. The van der Waals surface area contributed by atoms with Gasteiger partial charge in [0.2, 0.25) is 0 Å². The third-order valence-corrected chi connectivity index (χ3v) is 5.24. The fraction of sp³-hybridized carbons (Fsp3) is 0.391. The summed E-state index contributed by atoms with van der Waals surface area (Å²) in [5, 5.41) is 5.93. The van der Waals surface area contributed by atoms with Crippen LogP contribution in [0.25, 0.3) is 0 Å². The smallest absolute Gasteiger partial charge is 0.279 e. The predicted octanol–water partition coefficient (Wildman–Crippen LogP) is 2.03. The van der Waals surface area contributed by atoms with Gasteiger partial charge >= 0.3 is 0 Å². The highest BCUT2D eigenvalue weighted by Gasteiger charge is 2.19. The van der Waals surface area contributed by atoms with Crippen molar-refractivity contribution in [2.24, 2.45) is 0 Å². The number of ether oxygens (including phenoxy) is 1. The van der Waals surface area contributed by atoms with Crippen molar-refractivity contribution in [3.63, 3.8) is 0 Å². The van der Waals surface area contributed by atoms with Crippen LogP contribution in [0.1, 0.15) is 22.3 Å². The third kappa shape index (κ3) is 6.69. The first-order valence-electron chi connectivity index (χ1n) is 9.86. The first-order valence-corrected chi connectivity index (χ1v) is 9.86. The molecule has 0 aliphatic rings. The minimum atomic E-state index is -0.121. The zero-order chi connectivity index (χ0) is 21.4. The van der Waals surface area contributed by atoms with E-state index in [1.807, 2.05) is 64.1 Å². The lowest BCUT2D eigenvalue weighted by molar-refractivity contribution is -0.883. The van der Waals surface area contributed by atoms with Crippen LogP contribution < -0.4 is 15.5 Å². The van der Waals surface area contributed by atoms with E-state index in [0.717, 1.165) is 38.5 Å². The molecule has 2 rings (SSSR count). The molecule has 0 unspecified atom stereocenters. The van der Waals surface area contributed by atoms with Gasteiger partial charge in [0.25, 0.3) is 11.8 Å². The Morgan fingerprint density at radius 3 is 1.69 bits per heavy atom. The third-order valence-electron chi connectivity index (χ3n) is 5.24. The Kier molecular flexibility index (Phi) is 8.36. The van der Waals surface area contributed by atoms with E-state index >= 15 is 0 Å². The molecule has 29 heavy (non-hydrogen) atoms. The minimum Gasteiger partial charge on any atom is -0.379 e. The van der Waals surface area contributed by atoms with Gasteiger partial charge in [-0.2, -0.15) is 0 Å². The van der Waals surface area contributed by atoms with Crippen LogP contribution in [0.15, 0.2) is 36.4 Å². The Morgan fingerprint density at radius 2 is 1.28 bits per heavy atom. The topological polar surface area (TPSA) is 71.9 Å². The first-order chi connectivity index (χ1) is 13.8. The van der Waals surface area contributed by atoms with Crippen LogP contribution in [0, 0.1) is 27.7 Å². The SMILES string of the molecule is COCC[NH+](CC(=O)Nc1cccc(C)c1C)CC(=O)Nc1cccc(C)c1C. The van der Waals surface area contributed by atoms with E-state index in [2.05, 4.69) is 10.6 Å². The number of aryl methyl sites for hydroxylation is 2. The average molecular weight is 399 g/mol. The molecule has 0 radical (unpaired) electrons. The standard InChI is InChI=1S/C23H31N3O3/c1-16-8-6-10-20(18(16)3)24-22(27)14-26(12-13-29-5)15-23(28)25-21-11-7-9-17(2)19(21)4/h6-11H,12-15H2,1-5H3,(H,24,27)(H,25,28)/p+1. The molecule has 0 aliphatic heterocycles. The van der Waals surface area contributed by atoms with Crippen LogP contribution in [0.3, 0.4) is 0 Å². The molecule has 2 aromatic rings. The van der Waals surface area contributed by atoms with Crippen molar-refractivity contribution < 1.29 is 19.2 Å². The summed E-state index contributed by atoms with van der Waals surface area (Å²) in [5.41, 5.74) is 5.96. The summed E-state index contributed by atoms with van der Waals surface area (Å²) < 4.78 is 5.16. The van der Waals surface area contributed by atoms with Crippen molar-refractivity contribution >= 4 is 23.2 Å². The monoisotopic (exact) mass is 398 g/mol. The summed E-state index contributed by atoms with van der Waals surface area (Å²) in [7, 11) is 1.62. The van der Waals surface area contributed by atoms with E-state index < -0.39 is 0 Å². The molecule has 3 N–H and O–H groups in total. The van der Waals surface area contributed by atoms with Crippen molar-refractivity contribution in [3.8, 4) is 0 Å². The molecule has 0 spiro atoms. The van der Waals surface area contributed by atoms with E-state index in [-0.39, 0.29) is 24.9 Å². The van der Waals surface area contributed by atoms with Crippen LogP contribution in [0.5, 0.6) is 0 Å². The summed E-state index contributed by atoms with van der Waals surface area (Å²) in [6.07, 6.45) is 0. The summed E-state index contributed by atoms with van der Waals surface area (Å²) in [6.45, 7) is 9.42. The summed E-state index contributed by atoms with van der Waals surface area (Å²) >= 11 is 0. The zero-order valence-electron chi connectivity index (χ0n) is 18.0. The second-order valence-corrected chi connectivity index (χ2v) is 7.44. The van der Waals surface area contributed by atoms with Gasteiger partial charge in [-0.15, -0.1) is 0 Å². The van der Waals surface area contributed by atoms with Gasteiger partial charge in [0.05, 0.1) is 6.61 Å². The maximum Gasteiger partial charge on any atom is 0.279 e. The van der Waals surface area contributed by atoms with Crippen molar-refractivity contribution in [1.82, 2.24) is 0 Å². The number of rotatable bonds is 9. The highest BCUT2D eigenvalue weighted by atomic mass is 16.5. The lowest BCUT2D eigenvalue weighted by Gasteiger charge is -2.19. The van der Waals surface area contributed by atoms with E-state index in [9.17, 15) is 9.59 Å². The number of benzene rings is 2. The number of anilines is 2. The van der Waals surface area contributed by atoms with Gasteiger partial charge in [-0.3, -0.25) is 9.59 Å². The second-order valence-electron chi connectivity index (χ2n) is 7.44. The number of hydrogen-bond donors (Lipinski definition) is 3. The zero-order valence-corrected chi connectivity index (χ0v) is 18.0. The van der Waals surface area contributed by atoms with Crippen LogP contribution >= 0.6 is 0 Å². The molecule has 0 aliphatic carbocycles. The van der Waals surface area contributed by atoms with Gasteiger partial charge in [-0.1, -0.05) is 24.3 Å². The average Bonchev–Trinajstić information content (AvgIpc) is 2.67. The second kappa shape index (κ2) is 10.7. The Morgan fingerprint density at radius 1 is 0.828 bits per heavy atom.